The van der Waals surface area contributed by atoms with Crippen molar-refractivity contribution in [2.45, 2.75) is 6.54 Å². The molecule has 5 heteroatoms. The van der Waals surface area contributed by atoms with E-state index in [1.54, 1.807) is 18.2 Å². The highest BCUT2D eigenvalue weighted by atomic mass is 19.1. The summed E-state index contributed by atoms with van der Waals surface area (Å²) in [5, 5.41) is 12.0. The third kappa shape index (κ3) is 2.89. The van der Waals surface area contributed by atoms with Gasteiger partial charge in [0.1, 0.15) is 17.1 Å². The first-order chi connectivity index (χ1) is 9.11. The molecule has 0 bridgehead atoms. The number of phenols is 1. The highest BCUT2D eigenvalue weighted by Crippen LogP contribution is 2.21. The quantitative estimate of drug-likeness (QED) is 0.792. The number of anilines is 1. The van der Waals surface area contributed by atoms with E-state index in [-0.39, 0.29) is 5.56 Å². The third-order valence-corrected chi connectivity index (χ3v) is 2.64. The van der Waals surface area contributed by atoms with E-state index in [0.29, 0.717) is 12.2 Å². The second-order valence-corrected chi connectivity index (χ2v) is 3.99. The number of nitrogens with one attached hydrogen (secondary N) is 1. The van der Waals surface area contributed by atoms with Crippen molar-refractivity contribution in [3.05, 3.63) is 59.4 Å². The maximum Gasteiger partial charge on any atom is 0.262 e. The Hall–Kier alpha value is -2.40. The predicted octanol–water partition coefficient (Wildman–Crippen LogP) is 2.24. The molecule has 2 rings (SSSR count). The summed E-state index contributed by atoms with van der Waals surface area (Å²) in [5.74, 6) is -1.87. The molecule has 98 valence electrons. The van der Waals surface area contributed by atoms with Gasteiger partial charge in [-0.3, -0.25) is 4.79 Å². The molecule has 0 heterocycles. The van der Waals surface area contributed by atoms with Crippen LogP contribution >= 0.6 is 0 Å². The third-order valence-electron chi connectivity index (χ3n) is 2.64. The van der Waals surface area contributed by atoms with Crippen molar-refractivity contribution < 1.29 is 14.3 Å². The molecule has 0 spiro atoms. The minimum absolute atomic E-state index is 0.342. The van der Waals surface area contributed by atoms with Gasteiger partial charge in [0.2, 0.25) is 0 Å². The Bertz CT molecular complexity index is 594. The molecule has 0 unspecified atom stereocenters. The molecule has 0 fully saturated rings. The van der Waals surface area contributed by atoms with Gasteiger partial charge in [0.05, 0.1) is 0 Å². The molecule has 0 aliphatic carbocycles. The summed E-state index contributed by atoms with van der Waals surface area (Å²) in [6.07, 6.45) is 0. The Balaban J connectivity index is 2.26. The molecular weight excluding hydrogens is 247 g/mol. The first kappa shape index (κ1) is 13.0. The molecule has 0 aliphatic heterocycles. The molecule has 19 heavy (non-hydrogen) atoms. The van der Waals surface area contributed by atoms with Crippen LogP contribution in [0.4, 0.5) is 10.1 Å². The van der Waals surface area contributed by atoms with Crippen molar-refractivity contribution in [1.82, 2.24) is 0 Å². The van der Waals surface area contributed by atoms with Crippen LogP contribution in [0, 0.1) is 5.82 Å². The zero-order valence-corrected chi connectivity index (χ0v) is 10.1. The molecule has 0 radical (unpaired) electrons. The van der Waals surface area contributed by atoms with Crippen molar-refractivity contribution in [3.8, 4) is 5.75 Å². The van der Waals surface area contributed by atoms with Crippen molar-refractivity contribution in [3.63, 3.8) is 0 Å². The fourth-order valence-corrected chi connectivity index (χ4v) is 1.71. The van der Waals surface area contributed by atoms with Crippen LogP contribution in [0.1, 0.15) is 15.9 Å². The summed E-state index contributed by atoms with van der Waals surface area (Å²) in [5.41, 5.74) is 6.46. The van der Waals surface area contributed by atoms with Crippen LogP contribution in [0.3, 0.4) is 0 Å². The first-order valence-electron chi connectivity index (χ1n) is 5.69. The van der Waals surface area contributed by atoms with Crippen LogP contribution in [0.5, 0.6) is 5.75 Å². The van der Waals surface area contributed by atoms with Crippen molar-refractivity contribution in [2.75, 3.05) is 5.32 Å². The zero-order chi connectivity index (χ0) is 13.8. The molecule has 0 saturated heterocycles. The van der Waals surface area contributed by atoms with Crippen LogP contribution in [-0.4, -0.2) is 11.0 Å². The topological polar surface area (TPSA) is 75.3 Å². The minimum Gasteiger partial charge on any atom is -0.507 e. The fourth-order valence-electron chi connectivity index (χ4n) is 1.71. The average molecular weight is 260 g/mol. The SMILES string of the molecule is NCc1cccc(NC(=O)c2c(O)cccc2F)c1. The maximum absolute atomic E-state index is 13.5. The van der Waals surface area contributed by atoms with E-state index in [1.807, 2.05) is 6.07 Å². The van der Waals surface area contributed by atoms with Gasteiger partial charge < -0.3 is 16.2 Å². The number of aromatic hydroxyl groups is 1. The number of benzene rings is 2. The molecule has 4 nitrogen and oxygen atoms in total. The van der Waals surface area contributed by atoms with Gasteiger partial charge >= 0.3 is 0 Å². The summed E-state index contributed by atoms with van der Waals surface area (Å²) < 4.78 is 13.5. The van der Waals surface area contributed by atoms with Gasteiger partial charge in [-0.1, -0.05) is 18.2 Å². The number of hydrogen-bond acceptors (Lipinski definition) is 3. The molecule has 2 aromatic rings. The number of amides is 1. The molecule has 4 N–H and O–H groups in total. The second kappa shape index (κ2) is 5.49. The second-order valence-electron chi connectivity index (χ2n) is 3.99. The van der Waals surface area contributed by atoms with Gasteiger partial charge in [0, 0.05) is 12.2 Å². The maximum atomic E-state index is 13.5. The number of rotatable bonds is 3. The average Bonchev–Trinajstić information content (AvgIpc) is 2.38. The van der Waals surface area contributed by atoms with E-state index in [9.17, 15) is 14.3 Å². The monoisotopic (exact) mass is 260 g/mol. The Kier molecular flexibility index (Phi) is 3.77. The van der Waals surface area contributed by atoms with Gasteiger partial charge in [-0.2, -0.15) is 0 Å². The van der Waals surface area contributed by atoms with Gasteiger partial charge in [0.15, 0.2) is 0 Å². The summed E-state index contributed by atoms with van der Waals surface area (Å²) in [4.78, 5) is 11.9. The Morgan fingerprint density at radius 3 is 2.68 bits per heavy atom. The molecular formula is C14H13FN2O2. The molecule has 0 atom stereocenters. The molecule has 0 aliphatic rings. The lowest BCUT2D eigenvalue weighted by Gasteiger charge is -2.08. The molecule has 0 saturated carbocycles. The highest BCUT2D eigenvalue weighted by molar-refractivity contribution is 6.06. The van der Waals surface area contributed by atoms with Crippen LogP contribution in [0.25, 0.3) is 0 Å². The summed E-state index contributed by atoms with van der Waals surface area (Å²) in [6, 6.07) is 10.6. The van der Waals surface area contributed by atoms with Gasteiger partial charge in [-0.15, -0.1) is 0 Å². The van der Waals surface area contributed by atoms with Crippen LogP contribution in [-0.2, 0) is 6.54 Å². The van der Waals surface area contributed by atoms with Gasteiger partial charge in [0.25, 0.3) is 5.91 Å². The van der Waals surface area contributed by atoms with E-state index in [1.165, 1.54) is 12.1 Å². The molecule has 2 aromatic carbocycles. The Morgan fingerprint density at radius 2 is 2.00 bits per heavy atom. The molecule has 1 amide bonds. The van der Waals surface area contributed by atoms with E-state index in [4.69, 9.17) is 5.73 Å². The predicted molar refractivity (Wildman–Crippen MR) is 70.4 cm³/mol. The lowest BCUT2D eigenvalue weighted by molar-refractivity contribution is 0.102. The van der Waals surface area contributed by atoms with Crippen molar-refractivity contribution in [2.24, 2.45) is 5.73 Å². The number of hydrogen-bond donors (Lipinski definition) is 3. The normalized spacial score (nSPS) is 10.2. The van der Waals surface area contributed by atoms with Crippen LogP contribution < -0.4 is 11.1 Å². The van der Waals surface area contributed by atoms with Crippen molar-refractivity contribution >= 4 is 11.6 Å². The summed E-state index contributed by atoms with van der Waals surface area (Å²) >= 11 is 0. The first-order valence-corrected chi connectivity index (χ1v) is 5.69. The van der Waals surface area contributed by atoms with Gasteiger partial charge in [-0.05, 0) is 29.8 Å². The van der Waals surface area contributed by atoms with E-state index >= 15 is 0 Å². The Labute approximate surface area is 109 Å². The summed E-state index contributed by atoms with van der Waals surface area (Å²) in [6.45, 7) is 0.342. The van der Waals surface area contributed by atoms with E-state index < -0.39 is 17.5 Å². The van der Waals surface area contributed by atoms with Crippen LogP contribution in [0.15, 0.2) is 42.5 Å². The smallest absolute Gasteiger partial charge is 0.262 e. The fraction of sp³-hybridized carbons (Fsp3) is 0.0714. The van der Waals surface area contributed by atoms with Crippen LogP contribution in [0.2, 0.25) is 0 Å². The standard InChI is InChI=1S/C14H13FN2O2/c15-11-5-2-6-12(18)13(11)14(19)17-10-4-1-3-9(7-10)8-16/h1-7,18H,8,16H2,(H,17,19). The lowest BCUT2D eigenvalue weighted by Crippen LogP contribution is -2.14. The van der Waals surface area contributed by atoms with E-state index in [0.717, 1.165) is 11.6 Å². The lowest BCUT2D eigenvalue weighted by atomic mass is 10.1. The largest absolute Gasteiger partial charge is 0.507 e. The number of carbonyl (C=O) groups excluding carboxylic acids is 1. The van der Waals surface area contributed by atoms with Crippen molar-refractivity contribution in [1.29, 1.82) is 0 Å². The Morgan fingerprint density at radius 1 is 1.26 bits per heavy atom. The minimum atomic E-state index is -0.771. The number of phenolic OH excluding ortho intramolecular Hbond substituents is 1. The zero-order valence-electron chi connectivity index (χ0n) is 10.1. The highest BCUT2D eigenvalue weighted by Gasteiger charge is 2.16. The number of carbonyl (C=O) groups is 1. The van der Waals surface area contributed by atoms with Gasteiger partial charge in [-0.25, -0.2) is 4.39 Å². The van der Waals surface area contributed by atoms with E-state index in [2.05, 4.69) is 5.32 Å². The number of nitrogens with two attached hydrogens (primary N) is 1. The number of halogens is 1. The molecule has 0 aromatic heterocycles. The summed E-state index contributed by atoms with van der Waals surface area (Å²) in [7, 11) is 0.